The molecule has 21 heavy (non-hydrogen) atoms. The maximum atomic E-state index is 8.85. The van der Waals surface area contributed by atoms with Crippen LogP contribution in [0.1, 0.15) is 16.9 Å². The molecule has 1 aromatic heterocycles. The van der Waals surface area contributed by atoms with E-state index in [2.05, 4.69) is 28.2 Å². The molecule has 0 unspecified atom stereocenters. The van der Waals surface area contributed by atoms with Crippen molar-refractivity contribution in [2.45, 2.75) is 13.0 Å². The summed E-state index contributed by atoms with van der Waals surface area (Å²) in [7, 11) is 0. The number of hydrogen-bond donors (Lipinski definition) is 1. The van der Waals surface area contributed by atoms with E-state index in [1.165, 1.54) is 4.88 Å². The molecule has 0 atom stereocenters. The molecule has 1 N–H and O–H groups in total. The number of rotatable bonds is 2. The number of nitrogens with zero attached hydrogens (tertiary/aromatic N) is 1. The van der Waals surface area contributed by atoms with Crippen LogP contribution in [-0.4, -0.2) is 24.9 Å². The molecule has 0 amide bonds. The van der Waals surface area contributed by atoms with Crippen molar-refractivity contribution in [3.8, 4) is 17.6 Å². The summed E-state index contributed by atoms with van der Waals surface area (Å²) < 4.78 is 5.79. The van der Waals surface area contributed by atoms with E-state index in [0.717, 1.165) is 43.1 Å². The number of benzene rings is 1. The highest BCUT2D eigenvalue weighted by Gasteiger charge is 2.17. The molecule has 0 radical (unpaired) electrons. The lowest BCUT2D eigenvalue weighted by Crippen LogP contribution is -2.23. The SMILES string of the molecule is OCC#Cc1ccsc1CN1CCCOc2ccccc21. The first-order valence-corrected chi connectivity index (χ1v) is 7.89. The number of para-hydroxylation sites is 2. The van der Waals surface area contributed by atoms with E-state index in [1.54, 1.807) is 11.3 Å². The number of aliphatic hydroxyl groups is 1. The first kappa shape index (κ1) is 14.0. The molecule has 2 aromatic rings. The lowest BCUT2D eigenvalue weighted by molar-refractivity contribution is 0.322. The van der Waals surface area contributed by atoms with Gasteiger partial charge in [0, 0.05) is 17.0 Å². The first-order valence-electron chi connectivity index (χ1n) is 7.01. The lowest BCUT2D eigenvalue weighted by atomic mass is 10.2. The minimum Gasteiger partial charge on any atom is -0.491 e. The van der Waals surface area contributed by atoms with Crippen LogP contribution in [0.15, 0.2) is 35.7 Å². The molecule has 3 rings (SSSR count). The Bertz CT molecular complexity index is 669. The second-order valence-corrected chi connectivity index (χ2v) is 5.81. The number of thiophene rings is 1. The van der Waals surface area contributed by atoms with Gasteiger partial charge in [-0.15, -0.1) is 11.3 Å². The molecule has 0 aliphatic carbocycles. The van der Waals surface area contributed by atoms with Crippen LogP contribution < -0.4 is 9.64 Å². The number of ether oxygens (including phenoxy) is 1. The fourth-order valence-corrected chi connectivity index (χ4v) is 3.29. The average molecular weight is 299 g/mol. The summed E-state index contributed by atoms with van der Waals surface area (Å²) in [6, 6.07) is 10.2. The smallest absolute Gasteiger partial charge is 0.142 e. The molecule has 0 fully saturated rings. The van der Waals surface area contributed by atoms with Gasteiger partial charge in [-0.05, 0) is 30.0 Å². The Morgan fingerprint density at radius 3 is 3.10 bits per heavy atom. The minimum absolute atomic E-state index is 0.102. The average Bonchev–Trinajstić information content (AvgIpc) is 2.85. The fourth-order valence-electron chi connectivity index (χ4n) is 2.45. The summed E-state index contributed by atoms with van der Waals surface area (Å²) in [6.45, 7) is 2.46. The van der Waals surface area contributed by atoms with Crippen LogP contribution in [0.2, 0.25) is 0 Å². The molecular formula is C17H17NO2S. The molecule has 0 spiro atoms. The van der Waals surface area contributed by atoms with Crippen LogP contribution in [-0.2, 0) is 6.54 Å². The van der Waals surface area contributed by atoms with Gasteiger partial charge in [0.05, 0.1) is 18.8 Å². The number of fused-ring (bicyclic) bond motifs is 1. The maximum Gasteiger partial charge on any atom is 0.142 e. The maximum absolute atomic E-state index is 8.85. The highest BCUT2D eigenvalue weighted by Crippen LogP contribution is 2.32. The minimum atomic E-state index is -0.102. The zero-order chi connectivity index (χ0) is 14.5. The zero-order valence-electron chi connectivity index (χ0n) is 11.7. The van der Waals surface area contributed by atoms with Crippen LogP contribution in [0.25, 0.3) is 0 Å². The van der Waals surface area contributed by atoms with Crippen LogP contribution in [0.5, 0.6) is 5.75 Å². The van der Waals surface area contributed by atoms with E-state index < -0.39 is 0 Å². The topological polar surface area (TPSA) is 32.7 Å². The van der Waals surface area contributed by atoms with E-state index in [4.69, 9.17) is 9.84 Å². The van der Waals surface area contributed by atoms with Gasteiger partial charge in [0.1, 0.15) is 12.4 Å². The van der Waals surface area contributed by atoms with Crippen molar-refractivity contribution in [2.24, 2.45) is 0 Å². The molecule has 0 saturated heterocycles. The predicted octanol–water partition coefficient (Wildman–Crippen LogP) is 2.88. The summed E-state index contributed by atoms with van der Waals surface area (Å²) in [6.07, 6.45) is 1.01. The highest BCUT2D eigenvalue weighted by molar-refractivity contribution is 7.10. The quantitative estimate of drug-likeness (QED) is 0.866. The molecule has 4 heteroatoms. The molecule has 2 heterocycles. The molecule has 108 valence electrons. The van der Waals surface area contributed by atoms with Crippen molar-refractivity contribution in [1.29, 1.82) is 0 Å². The van der Waals surface area contributed by atoms with Gasteiger partial charge >= 0.3 is 0 Å². The predicted molar refractivity (Wildman–Crippen MR) is 85.9 cm³/mol. The van der Waals surface area contributed by atoms with Crippen molar-refractivity contribution in [3.63, 3.8) is 0 Å². The Morgan fingerprint density at radius 2 is 2.19 bits per heavy atom. The van der Waals surface area contributed by atoms with Crippen molar-refractivity contribution in [1.82, 2.24) is 0 Å². The fraction of sp³-hybridized carbons (Fsp3) is 0.294. The van der Waals surface area contributed by atoms with Gasteiger partial charge in [-0.25, -0.2) is 0 Å². The molecular weight excluding hydrogens is 282 g/mol. The molecule has 1 aliphatic rings. The van der Waals surface area contributed by atoms with E-state index in [-0.39, 0.29) is 6.61 Å². The Hall–Kier alpha value is -1.96. The van der Waals surface area contributed by atoms with Gasteiger partial charge < -0.3 is 14.7 Å². The Morgan fingerprint density at radius 1 is 1.29 bits per heavy atom. The van der Waals surface area contributed by atoms with Crippen molar-refractivity contribution < 1.29 is 9.84 Å². The van der Waals surface area contributed by atoms with Crippen LogP contribution in [0.4, 0.5) is 5.69 Å². The number of anilines is 1. The van der Waals surface area contributed by atoms with Gasteiger partial charge in [-0.2, -0.15) is 0 Å². The summed E-state index contributed by atoms with van der Waals surface area (Å²) in [5.74, 6) is 6.71. The lowest BCUT2D eigenvalue weighted by Gasteiger charge is -2.23. The van der Waals surface area contributed by atoms with Crippen LogP contribution in [0, 0.1) is 11.8 Å². The highest BCUT2D eigenvalue weighted by atomic mass is 32.1. The van der Waals surface area contributed by atoms with E-state index in [0.29, 0.717) is 0 Å². The van der Waals surface area contributed by atoms with Gasteiger partial charge in [0.2, 0.25) is 0 Å². The van der Waals surface area contributed by atoms with Gasteiger partial charge in [-0.1, -0.05) is 24.0 Å². The summed E-state index contributed by atoms with van der Waals surface area (Å²) in [5, 5.41) is 10.9. The van der Waals surface area contributed by atoms with E-state index >= 15 is 0 Å². The number of hydrogen-bond acceptors (Lipinski definition) is 4. The Kier molecular flexibility index (Phi) is 4.44. The largest absolute Gasteiger partial charge is 0.491 e. The summed E-state index contributed by atoms with van der Waals surface area (Å²) >= 11 is 1.71. The normalized spacial score (nSPS) is 13.7. The second-order valence-electron chi connectivity index (χ2n) is 4.81. The molecule has 1 aromatic carbocycles. The van der Waals surface area contributed by atoms with Crippen molar-refractivity contribution >= 4 is 17.0 Å². The molecule has 1 aliphatic heterocycles. The van der Waals surface area contributed by atoms with Crippen molar-refractivity contribution in [3.05, 3.63) is 46.2 Å². The molecule has 0 bridgehead atoms. The van der Waals surface area contributed by atoms with Gasteiger partial charge in [-0.3, -0.25) is 0 Å². The standard InChI is InChI=1S/C17H17NO2S/c19-10-3-5-14-8-12-21-17(14)13-18-9-4-11-20-16-7-2-1-6-15(16)18/h1-2,6-8,12,19H,4,9-11,13H2. The summed E-state index contributed by atoms with van der Waals surface area (Å²) in [5.41, 5.74) is 2.15. The van der Waals surface area contributed by atoms with E-state index in [1.807, 2.05) is 24.3 Å². The second kappa shape index (κ2) is 6.66. The van der Waals surface area contributed by atoms with Gasteiger partial charge in [0.15, 0.2) is 0 Å². The number of aliphatic hydroxyl groups excluding tert-OH is 1. The first-order chi connectivity index (χ1) is 10.4. The van der Waals surface area contributed by atoms with Crippen LogP contribution in [0.3, 0.4) is 0 Å². The Labute approximate surface area is 128 Å². The third-order valence-corrected chi connectivity index (χ3v) is 4.32. The zero-order valence-corrected chi connectivity index (χ0v) is 12.5. The van der Waals surface area contributed by atoms with Gasteiger partial charge in [0.25, 0.3) is 0 Å². The van der Waals surface area contributed by atoms with Crippen LogP contribution >= 0.6 is 11.3 Å². The third kappa shape index (κ3) is 3.21. The summed E-state index contributed by atoms with van der Waals surface area (Å²) in [4.78, 5) is 3.57. The monoisotopic (exact) mass is 299 g/mol. The third-order valence-electron chi connectivity index (χ3n) is 3.42. The van der Waals surface area contributed by atoms with E-state index in [9.17, 15) is 0 Å². The Balaban J connectivity index is 1.86. The molecule has 0 saturated carbocycles. The van der Waals surface area contributed by atoms with Crippen molar-refractivity contribution in [2.75, 3.05) is 24.7 Å². The molecule has 3 nitrogen and oxygen atoms in total.